The first-order chi connectivity index (χ1) is 8.92. The molecule has 5 heteroatoms. The first-order valence-electron chi connectivity index (χ1n) is 6.22. The number of carboxylic acids is 1. The second-order valence-corrected chi connectivity index (χ2v) is 5.28. The van der Waals surface area contributed by atoms with Gasteiger partial charge in [0, 0.05) is 6.42 Å². The van der Waals surface area contributed by atoms with Crippen LogP contribution in [0.5, 0.6) is 11.5 Å². The summed E-state index contributed by atoms with van der Waals surface area (Å²) >= 11 is 0. The fourth-order valence-corrected chi connectivity index (χ4v) is 1.97. The van der Waals surface area contributed by atoms with Crippen molar-refractivity contribution in [2.24, 2.45) is 5.41 Å². The number of hydrogen-bond donors (Lipinski definition) is 1. The van der Waals surface area contributed by atoms with Gasteiger partial charge in [-0.1, -0.05) is 6.07 Å². The zero-order valence-corrected chi connectivity index (χ0v) is 11.0. The highest BCUT2D eigenvalue weighted by atomic mass is 19.1. The highest BCUT2D eigenvalue weighted by Gasteiger charge is 2.30. The SMILES string of the molecule is CC(C)(Cc1ccc(F)c2c1OCCCO2)C(=O)O. The summed E-state index contributed by atoms with van der Waals surface area (Å²) in [4.78, 5) is 11.2. The van der Waals surface area contributed by atoms with E-state index in [9.17, 15) is 14.3 Å². The highest BCUT2D eigenvalue weighted by Crippen LogP contribution is 2.38. The molecule has 0 unspecified atom stereocenters. The number of benzene rings is 1. The van der Waals surface area contributed by atoms with Crippen molar-refractivity contribution in [1.82, 2.24) is 0 Å². The van der Waals surface area contributed by atoms with Crippen LogP contribution in [-0.4, -0.2) is 24.3 Å². The van der Waals surface area contributed by atoms with Crippen molar-refractivity contribution >= 4 is 5.97 Å². The van der Waals surface area contributed by atoms with E-state index in [4.69, 9.17) is 9.47 Å². The van der Waals surface area contributed by atoms with E-state index in [1.165, 1.54) is 6.07 Å². The van der Waals surface area contributed by atoms with Crippen LogP contribution in [0.3, 0.4) is 0 Å². The zero-order chi connectivity index (χ0) is 14.0. The summed E-state index contributed by atoms with van der Waals surface area (Å²) in [5, 5.41) is 9.17. The lowest BCUT2D eigenvalue weighted by atomic mass is 9.85. The van der Waals surface area contributed by atoms with E-state index in [0.717, 1.165) is 0 Å². The molecular formula is C14H17FO4. The van der Waals surface area contributed by atoms with E-state index in [1.807, 2.05) is 0 Å². The summed E-state index contributed by atoms with van der Waals surface area (Å²) in [6.45, 7) is 4.10. The Bertz CT molecular complexity index is 496. The monoisotopic (exact) mass is 268 g/mol. The van der Waals surface area contributed by atoms with Crippen molar-refractivity contribution in [3.05, 3.63) is 23.5 Å². The molecule has 0 fully saturated rings. The molecule has 1 aromatic carbocycles. The Kier molecular flexibility index (Phi) is 3.64. The molecular weight excluding hydrogens is 251 g/mol. The van der Waals surface area contributed by atoms with E-state index in [1.54, 1.807) is 19.9 Å². The van der Waals surface area contributed by atoms with E-state index < -0.39 is 17.2 Å². The number of halogens is 1. The molecule has 1 N–H and O–H groups in total. The lowest BCUT2D eigenvalue weighted by Crippen LogP contribution is -2.26. The third kappa shape index (κ3) is 2.80. The van der Waals surface area contributed by atoms with Crippen LogP contribution in [0.15, 0.2) is 12.1 Å². The number of ether oxygens (including phenoxy) is 2. The van der Waals surface area contributed by atoms with Crippen LogP contribution in [0.4, 0.5) is 4.39 Å². The predicted octanol–water partition coefficient (Wildman–Crippen LogP) is 2.64. The number of fused-ring (bicyclic) bond motifs is 1. The zero-order valence-electron chi connectivity index (χ0n) is 11.0. The van der Waals surface area contributed by atoms with Crippen molar-refractivity contribution < 1.29 is 23.8 Å². The summed E-state index contributed by atoms with van der Waals surface area (Å²) in [5.74, 6) is -0.947. The molecule has 0 saturated heterocycles. The van der Waals surface area contributed by atoms with E-state index >= 15 is 0 Å². The predicted molar refractivity (Wildman–Crippen MR) is 67.1 cm³/mol. The third-order valence-corrected chi connectivity index (χ3v) is 3.14. The molecule has 19 heavy (non-hydrogen) atoms. The molecule has 1 aliphatic rings. The molecule has 1 heterocycles. The Labute approximate surface area is 111 Å². The van der Waals surface area contributed by atoms with Gasteiger partial charge in [-0.25, -0.2) is 4.39 Å². The fourth-order valence-electron chi connectivity index (χ4n) is 1.97. The number of carboxylic acid groups (broad SMARTS) is 1. The molecule has 0 amide bonds. The van der Waals surface area contributed by atoms with Crippen LogP contribution in [0.2, 0.25) is 0 Å². The maximum Gasteiger partial charge on any atom is 0.309 e. The van der Waals surface area contributed by atoms with Gasteiger partial charge in [-0.05, 0) is 31.9 Å². The summed E-state index contributed by atoms with van der Waals surface area (Å²) in [7, 11) is 0. The quantitative estimate of drug-likeness (QED) is 0.915. The standard InChI is InChI=1S/C14H17FO4/c1-14(2,13(16)17)8-9-4-5-10(15)12-11(9)18-6-3-7-19-12/h4-5H,3,6-8H2,1-2H3,(H,16,17). The van der Waals surface area contributed by atoms with Gasteiger partial charge >= 0.3 is 5.97 Å². The second kappa shape index (κ2) is 5.07. The maximum atomic E-state index is 13.7. The number of carbonyl (C=O) groups is 1. The second-order valence-electron chi connectivity index (χ2n) is 5.28. The van der Waals surface area contributed by atoms with Crippen LogP contribution >= 0.6 is 0 Å². The van der Waals surface area contributed by atoms with E-state index in [2.05, 4.69) is 0 Å². The topological polar surface area (TPSA) is 55.8 Å². The molecule has 0 bridgehead atoms. The molecule has 4 nitrogen and oxygen atoms in total. The van der Waals surface area contributed by atoms with Gasteiger partial charge in [0.2, 0.25) is 0 Å². The minimum Gasteiger partial charge on any atom is -0.489 e. The number of hydrogen-bond acceptors (Lipinski definition) is 3. The van der Waals surface area contributed by atoms with Crippen molar-refractivity contribution in [1.29, 1.82) is 0 Å². The average molecular weight is 268 g/mol. The molecule has 1 aromatic rings. The minimum absolute atomic E-state index is 0.0937. The molecule has 0 saturated carbocycles. The van der Waals surface area contributed by atoms with Gasteiger partial charge in [-0.3, -0.25) is 4.79 Å². The van der Waals surface area contributed by atoms with Gasteiger partial charge in [0.05, 0.1) is 18.6 Å². The maximum absolute atomic E-state index is 13.7. The van der Waals surface area contributed by atoms with Gasteiger partial charge in [0.1, 0.15) is 0 Å². The number of rotatable bonds is 3. The van der Waals surface area contributed by atoms with Crippen LogP contribution in [-0.2, 0) is 11.2 Å². The lowest BCUT2D eigenvalue weighted by Gasteiger charge is -2.21. The Morgan fingerprint density at radius 3 is 2.58 bits per heavy atom. The van der Waals surface area contributed by atoms with Crippen molar-refractivity contribution in [3.8, 4) is 11.5 Å². The van der Waals surface area contributed by atoms with Crippen LogP contribution in [0.1, 0.15) is 25.8 Å². The van der Waals surface area contributed by atoms with Crippen LogP contribution < -0.4 is 9.47 Å². The Balaban J connectivity index is 2.39. The number of aliphatic carboxylic acids is 1. The molecule has 104 valence electrons. The Morgan fingerprint density at radius 1 is 1.32 bits per heavy atom. The van der Waals surface area contributed by atoms with Gasteiger partial charge in [-0.15, -0.1) is 0 Å². The molecule has 0 aromatic heterocycles. The summed E-state index contributed by atoms with van der Waals surface area (Å²) in [5.41, 5.74) is -0.285. The van der Waals surface area contributed by atoms with E-state index in [-0.39, 0.29) is 12.2 Å². The normalized spacial score (nSPS) is 14.9. The average Bonchev–Trinajstić information content (AvgIpc) is 2.58. The van der Waals surface area contributed by atoms with Crippen molar-refractivity contribution in [2.45, 2.75) is 26.7 Å². The molecule has 0 spiro atoms. The first-order valence-corrected chi connectivity index (χ1v) is 6.22. The smallest absolute Gasteiger partial charge is 0.309 e. The largest absolute Gasteiger partial charge is 0.489 e. The molecule has 0 atom stereocenters. The van der Waals surface area contributed by atoms with Crippen molar-refractivity contribution in [2.75, 3.05) is 13.2 Å². The summed E-state index contributed by atoms with van der Waals surface area (Å²) < 4.78 is 24.6. The highest BCUT2D eigenvalue weighted by molar-refractivity contribution is 5.74. The lowest BCUT2D eigenvalue weighted by molar-refractivity contribution is -0.146. The third-order valence-electron chi connectivity index (χ3n) is 3.14. The van der Waals surface area contributed by atoms with Gasteiger partial charge in [0.25, 0.3) is 0 Å². The van der Waals surface area contributed by atoms with Gasteiger partial charge in [-0.2, -0.15) is 0 Å². The van der Waals surface area contributed by atoms with Gasteiger partial charge in [0.15, 0.2) is 17.3 Å². The molecule has 2 rings (SSSR count). The Morgan fingerprint density at radius 2 is 1.95 bits per heavy atom. The Hall–Kier alpha value is -1.78. The first kappa shape index (κ1) is 13.6. The van der Waals surface area contributed by atoms with Crippen molar-refractivity contribution in [3.63, 3.8) is 0 Å². The summed E-state index contributed by atoms with van der Waals surface area (Å²) in [6, 6.07) is 2.86. The summed E-state index contributed by atoms with van der Waals surface area (Å²) in [6.07, 6.45) is 0.935. The molecule has 0 aliphatic carbocycles. The molecule has 1 aliphatic heterocycles. The van der Waals surface area contributed by atoms with E-state index in [0.29, 0.717) is 30.9 Å². The van der Waals surface area contributed by atoms with Gasteiger partial charge < -0.3 is 14.6 Å². The minimum atomic E-state index is -0.943. The van der Waals surface area contributed by atoms with Crippen LogP contribution in [0.25, 0.3) is 0 Å². The van der Waals surface area contributed by atoms with Crippen LogP contribution in [0, 0.1) is 11.2 Å². The fraction of sp³-hybridized carbons (Fsp3) is 0.500. The molecule has 0 radical (unpaired) electrons.